The van der Waals surface area contributed by atoms with Crippen molar-refractivity contribution in [2.24, 2.45) is 0 Å². The molecule has 2 aromatic rings. The highest BCUT2D eigenvalue weighted by atomic mass is 32.2. The van der Waals surface area contributed by atoms with Crippen molar-refractivity contribution >= 4 is 34.6 Å². The predicted molar refractivity (Wildman–Crippen MR) is 111 cm³/mol. The number of carbonyl (C=O) groups excluding carboxylic acids is 2. The van der Waals surface area contributed by atoms with Crippen LogP contribution in [0.4, 0.5) is 0 Å². The van der Waals surface area contributed by atoms with Crippen molar-refractivity contribution in [3.8, 4) is 0 Å². The normalized spacial score (nSPS) is 17.9. The van der Waals surface area contributed by atoms with Crippen LogP contribution in [0.25, 0.3) is 11.0 Å². The third kappa shape index (κ3) is 4.51. The minimum Gasteiger partial charge on any atom is -0.353 e. The highest BCUT2D eigenvalue weighted by Gasteiger charge is 2.21. The Morgan fingerprint density at radius 1 is 1.07 bits per heavy atom. The van der Waals surface area contributed by atoms with Gasteiger partial charge in [-0.3, -0.25) is 9.59 Å². The van der Waals surface area contributed by atoms with Crippen molar-refractivity contribution in [3.05, 3.63) is 24.3 Å². The summed E-state index contributed by atoms with van der Waals surface area (Å²) in [5.74, 6) is 0.524. The molecule has 1 N–H and O–H groups in total. The number of nitrogens with one attached hydrogen (secondary N) is 1. The molecule has 2 fully saturated rings. The molecular formula is C21H28N4O2S. The molecule has 0 radical (unpaired) electrons. The number of para-hydroxylation sites is 2. The van der Waals surface area contributed by atoms with Crippen LogP contribution in [0.5, 0.6) is 0 Å². The topological polar surface area (TPSA) is 67.2 Å². The molecule has 1 aliphatic heterocycles. The number of fused-ring (bicyclic) bond motifs is 1. The molecule has 0 atom stereocenters. The molecule has 1 aromatic heterocycles. The van der Waals surface area contributed by atoms with Crippen LogP contribution < -0.4 is 5.32 Å². The van der Waals surface area contributed by atoms with Crippen LogP contribution in [0.2, 0.25) is 0 Å². The van der Waals surface area contributed by atoms with Crippen molar-refractivity contribution in [1.82, 2.24) is 19.8 Å². The molecule has 2 amide bonds. The predicted octanol–water partition coefficient (Wildman–Crippen LogP) is 3.20. The van der Waals surface area contributed by atoms with Gasteiger partial charge in [-0.2, -0.15) is 0 Å². The number of hydrogen-bond acceptors (Lipinski definition) is 4. The molecule has 0 unspecified atom stereocenters. The molecule has 1 saturated carbocycles. The fraction of sp³-hybridized carbons (Fsp3) is 0.571. The minimum atomic E-state index is 0.0536. The number of hydrogen-bond donors (Lipinski definition) is 1. The van der Waals surface area contributed by atoms with Gasteiger partial charge in [0, 0.05) is 19.1 Å². The van der Waals surface area contributed by atoms with E-state index in [1.165, 1.54) is 31.0 Å². The number of nitrogens with zero attached hydrogens (tertiary/aromatic N) is 3. The molecule has 6 nitrogen and oxygen atoms in total. The standard InChI is InChI=1S/C21H28N4O2S/c26-19(22-16-8-2-3-9-16)15-28-21-23-17-10-4-5-11-18(17)25(21)14-20(27)24-12-6-1-7-13-24/h4-5,10-11,16H,1-3,6-9,12-15H2,(H,22,26). The lowest BCUT2D eigenvalue weighted by atomic mass is 10.1. The van der Waals surface area contributed by atoms with Crippen LogP contribution in [0, 0.1) is 0 Å². The smallest absolute Gasteiger partial charge is 0.242 e. The van der Waals surface area contributed by atoms with Crippen LogP contribution in [0.15, 0.2) is 29.4 Å². The number of rotatable bonds is 6. The number of carbonyl (C=O) groups is 2. The number of benzene rings is 1. The van der Waals surface area contributed by atoms with Gasteiger partial charge in [-0.1, -0.05) is 36.7 Å². The highest BCUT2D eigenvalue weighted by molar-refractivity contribution is 7.99. The highest BCUT2D eigenvalue weighted by Crippen LogP contribution is 2.25. The zero-order chi connectivity index (χ0) is 19.3. The summed E-state index contributed by atoms with van der Waals surface area (Å²) in [6.07, 6.45) is 7.94. The molecule has 150 valence electrons. The van der Waals surface area contributed by atoms with Crippen LogP contribution in [-0.2, 0) is 16.1 Å². The monoisotopic (exact) mass is 400 g/mol. The van der Waals surface area contributed by atoms with Gasteiger partial charge in [-0.15, -0.1) is 0 Å². The first kappa shape index (κ1) is 19.3. The largest absolute Gasteiger partial charge is 0.353 e. The molecule has 4 rings (SSSR count). The van der Waals surface area contributed by atoms with E-state index in [0.717, 1.165) is 55.0 Å². The van der Waals surface area contributed by atoms with Crippen molar-refractivity contribution in [3.63, 3.8) is 0 Å². The Morgan fingerprint density at radius 2 is 1.82 bits per heavy atom. The van der Waals surface area contributed by atoms with E-state index in [4.69, 9.17) is 0 Å². The summed E-state index contributed by atoms with van der Waals surface area (Å²) in [4.78, 5) is 31.8. The first-order valence-electron chi connectivity index (χ1n) is 10.4. The maximum absolute atomic E-state index is 12.8. The summed E-state index contributed by atoms with van der Waals surface area (Å²) in [5.41, 5.74) is 1.82. The third-order valence-corrected chi connectivity index (χ3v) is 6.65. The molecule has 0 spiro atoms. The van der Waals surface area contributed by atoms with Crippen LogP contribution in [0.3, 0.4) is 0 Å². The minimum absolute atomic E-state index is 0.0536. The van der Waals surface area contributed by atoms with Crippen molar-refractivity contribution in [2.45, 2.75) is 62.7 Å². The molecule has 1 saturated heterocycles. The molecule has 7 heteroatoms. The number of thioether (sulfide) groups is 1. The number of amides is 2. The van der Waals surface area contributed by atoms with Gasteiger partial charge in [0.15, 0.2) is 5.16 Å². The SMILES string of the molecule is O=C(CSc1nc2ccccc2n1CC(=O)N1CCCCC1)NC1CCCC1. The lowest BCUT2D eigenvalue weighted by Crippen LogP contribution is -2.38. The van der Waals surface area contributed by atoms with E-state index in [1.807, 2.05) is 33.7 Å². The Bertz CT molecular complexity index is 838. The lowest BCUT2D eigenvalue weighted by molar-refractivity contribution is -0.132. The Labute approximate surface area is 170 Å². The van der Waals surface area contributed by atoms with Crippen LogP contribution in [0.1, 0.15) is 44.9 Å². The fourth-order valence-corrected chi connectivity index (χ4v) is 4.99. The number of aromatic nitrogens is 2. The zero-order valence-corrected chi connectivity index (χ0v) is 17.0. The number of likely N-dealkylation sites (tertiary alicyclic amines) is 1. The van der Waals surface area contributed by atoms with Crippen molar-refractivity contribution in [1.29, 1.82) is 0 Å². The summed E-state index contributed by atoms with van der Waals surface area (Å²) >= 11 is 1.42. The third-order valence-electron chi connectivity index (χ3n) is 5.67. The quantitative estimate of drug-likeness (QED) is 0.756. The second-order valence-electron chi connectivity index (χ2n) is 7.75. The van der Waals surface area contributed by atoms with Crippen LogP contribution >= 0.6 is 11.8 Å². The molecule has 2 aliphatic rings. The molecule has 28 heavy (non-hydrogen) atoms. The van der Waals surface area contributed by atoms with E-state index in [-0.39, 0.29) is 18.4 Å². The first-order chi connectivity index (χ1) is 13.7. The fourth-order valence-electron chi connectivity index (χ4n) is 4.16. The Kier molecular flexibility index (Phi) is 6.20. The van der Waals surface area contributed by atoms with Gasteiger partial charge < -0.3 is 14.8 Å². The zero-order valence-electron chi connectivity index (χ0n) is 16.2. The summed E-state index contributed by atoms with van der Waals surface area (Å²) in [5, 5.41) is 3.87. The molecule has 1 aliphatic carbocycles. The average molecular weight is 401 g/mol. The van der Waals surface area contributed by atoms with Crippen LogP contribution in [-0.4, -0.2) is 51.1 Å². The van der Waals surface area contributed by atoms with Gasteiger partial charge in [0.1, 0.15) is 6.54 Å². The lowest BCUT2D eigenvalue weighted by Gasteiger charge is -2.27. The van der Waals surface area contributed by atoms with E-state index in [1.54, 1.807) is 0 Å². The van der Waals surface area contributed by atoms with Gasteiger partial charge in [-0.25, -0.2) is 4.98 Å². The summed E-state index contributed by atoms with van der Waals surface area (Å²) in [6, 6.07) is 8.20. The number of piperidine rings is 1. The summed E-state index contributed by atoms with van der Waals surface area (Å²) < 4.78 is 1.97. The Morgan fingerprint density at radius 3 is 2.61 bits per heavy atom. The molecule has 1 aromatic carbocycles. The van der Waals surface area contributed by atoms with E-state index < -0.39 is 0 Å². The van der Waals surface area contributed by atoms with Gasteiger partial charge in [0.05, 0.1) is 16.8 Å². The summed E-state index contributed by atoms with van der Waals surface area (Å²) in [7, 11) is 0. The van der Waals surface area contributed by atoms with Gasteiger partial charge in [0.2, 0.25) is 11.8 Å². The first-order valence-corrected chi connectivity index (χ1v) is 11.3. The second-order valence-corrected chi connectivity index (χ2v) is 8.69. The summed E-state index contributed by atoms with van der Waals surface area (Å²) in [6.45, 7) is 1.97. The van der Waals surface area contributed by atoms with E-state index in [9.17, 15) is 9.59 Å². The Hall–Kier alpha value is -2.02. The van der Waals surface area contributed by atoms with Gasteiger partial charge in [-0.05, 0) is 44.2 Å². The van der Waals surface area contributed by atoms with E-state index in [0.29, 0.717) is 11.8 Å². The van der Waals surface area contributed by atoms with Crippen molar-refractivity contribution < 1.29 is 9.59 Å². The second kappa shape index (κ2) is 8.99. The average Bonchev–Trinajstić information content (AvgIpc) is 3.35. The van der Waals surface area contributed by atoms with E-state index >= 15 is 0 Å². The molecular weight excluding hydrogens is 372 g/mol. The molecule has 0 bridgehead atoms. The van der Waals surface area contributed by atoms with Crippen molar-refractivity contribution in [2.75, 3.05) is 18.8 Å². The van der Waals surface area contributed by atoms with Gasteiger partial charge in [0.25, 0.3) is 0 Å². The number of imidazole rings is 1. The molecule has 2 heterocycles. The Balaban J connectivity index is 1.46. The maximum atomic E-state index is 12.8. The van der Waals surface area contributed by atoms with Gasteiger partial charge >= 0.3 is 0 Å². The maximum Gasteiger partial charge on any atom is 0.242 e. The van der Waals surface area contributed by atoms with E-state index in [2.05, 4.69) is 10.3 Å².